The van der Waals surface area contributed by atoms with Gasteiger partial charge in [-0.1, -0.05) is 60.7 Å². The van der Waals surface area contributed by atoms with E-state index in [1.54, 1.807) is 0 Å². The fourth-order valence-corrected chi connectivity index (χ4v) is 21.1. The van der Waals surface area contributed by atoms with E-state index in [4.69, 9.17) is 19.4 Å². The highest BCUT2D eigenvalue weighted by atomic mass is 16.6. The summed E-state index contributed by atoms with van der Waals surface area (Å²) >= 11 is 0. The van der Waals surface area contributed by atoms with Crippen LogP contribution in [0.4, 0.5) is 0 Å². The van der Waals surface area contributed by atoms with Crippen molar-refractivity contribution in [3.63, 3.8) is 0 Å². The lowest BCUT2D eigenvalue weighted by Gasteiger charge is -2.58. The molecule has 10 bridgehead atoms. The van der Waals surface area contributed by atoms with Crippen LogP contribution in [0.25, 0.3) is 54.8 Å². The Balaban J connectivity index is 0.805. The Bertz CT molecular complexity index is 3740. The lowest BCUT2D eigenvalue weighted by molar-refractivity contribution is -0.223. The van der Waals surface area contributed by atoms with Crippen LogP contribution in [0, 0.1) is 22.7 Å². The molecule has 4 spiro atoms. The van der Waals surface area contributed by atoms with E-state index in [0.29, 0.717) is 77.3 Å². The minimum absolute atomic E-state index is 0.0576. The molecular weight excluding hydrogens is 1070 g/mol. The van der Waals surface area contributed by atoms with Crippen LogP contribution in [-0.2, 0) is 9.47 Å². The minimum Gasteiger partial charge on any atom is -0.390 e. The van der Waals surface area contributed by atoms with Crippen molar-refractivity contribution in [1.82, 2.24) is 39.5 Å². The molecule has 14 heterocycles. The molecule has 0 amide bonds. The van der Waals surface area contributed by atoms with Crippen molar-refractivity contribution in [3.8, 4) is 0 Å². The van der Waals surface area contributed by atoms with Crippen molar-refractivity contribution in [2.24, 2.45) is 22.7 Å². The number of benzene rings is 2. The number of pyridine rings is 2. The standard InChI is InChI=1S/C72H88N8O6/c81-57-21-31-71-43-67-45-77-35-15-7-4-2-6-14-30-70(84,42-52(53(67)25-37-77)62-64-50(24-34-74-62)48-18-10-12-20-56(48)76-64)66(67)80(71)40-28-60(57)86-72-32-22-59(85-71)58(82)27-39-79(72)65-68(44-72)46-78-36-16-8-3-1-5-13-29-69(65,83)41-51(54(68)26-38-78)61-63-49(23-33-73-61)47-17-9-11-19-55(47)75-63/h1-2,5-6,9-12,17-20,23-24,33-34,41-42,53-54,57-60,65-66,75-76,81-84H,3-4,7-8,13-16,21-22,25-32,35-40,43-46H2/b5-1-,6-2-/t53-,54-,57?,58-,59+,60?,65+,66+,67-,68-,69-,70-,71?,72+/m0/s1. The van der Waals surface area contributed by atoms with E-state index < -0.39 is 57.9 Å². The van der Waals surface area contributed by atoms with E-state index in [2.05, 4.69) is 127 Å². The zero-order chi connectivity index (χ0) is 57.6. The second kappa shape index (κ2) is 20.7. The predicted octanol–water partition coefficient (Wildman–Crippen LogP) is 10.8. The molecule has 14 heteroatoms. The van der Waals surface area contributed by atoms with Crippen LogP contribution in [0.3, 0.4) is 0 Å². The Hall–Kier alpha value is -5.10. The van der Waals surface area contributed by atoms with Gasteiger partial charge in [-0.3, -0.25) is 19.8 Å². The molecule has 12 aliphatic rings. The number of nitrogens with one attached hydrogen (secondary N) is 2. The molecule has 6 N–H and O–H groups in total. The minimum atomic E-state index is -1.28. The SMILES string of the molecule is OC1CCC23C[C@]45CN6CCCC/C=C\CC[C@](O)(C=C(c7nccc8c7[nH]c7ccccc78)[C@@H]4CC6)[C@@H]5N2CCC1O[C@@]12CC[C@@H](O3)[C@@H](O)CCN1[C@@H]1[C@]3(CN4CCCC/C=C\CC[C@]1(O)C=C(c1nccc5c1[nH]c1ccccc15)[C@@H]3CC4)C2. The van der Waals surface area contributed by atoms with Gasteiger partial charge in [0.05, 0.1) is 70.1 Å². The van der Waals surface area contributed by atoms with Crippen molar-refractivity contribution in [2.45, 2.75) is 188 Å². The Morgan fingerprint density at radius 1 is 0.477 bits per heavy atom. The highest BCUT2D eigenvalue weighted by Crippen LogP contribution is 2.68. The topological polar surface area (TPSA) is 170 Å². The fraction of sp³-hybridized carbons (Fsp3) is 0.583. The summed E-state index contributed by atoms with van der Waals surface area (Å²) in [6, 6.07) is 20.7. The molecule has 16 atom stereocenters. The van der Waals surface area contributed by atoms with Gasteiger partial charge in [0.25, 0.3) is 0 Å². The Kier molecular flexibility index (Phi) is 13.3. The summed E-state index contributed by atoms with van der Waals surface area (Å²) < 4.78 is 16.3. The van der Waals surface area contributed by atoms with Crippen LogP contribution in [0.15, 0.2) is 110 Å². The number of aliphatic hydroxyl groups is 4. The van der Waals surface area contributed by atoms with Crippen LogP contribution in [0.5, 0.6) is 0 Å². The van der Waals surface area contributed by atoms with Gasteiger partial charge in [-0.25, -0.2) is 0 Å². The number of para-hydroxylation sites is 2. The largest absolute Gasteiger partial charge is 0.390 e. The molecule has 0 saturated carbocycles. The van der Waals surface area contributed by atoms with Gasteiger partial charge in [-0.05, 0) is 214 Å². The highest BCUT2D eigenvalue weighted by molar-refractivity contribution is 6.11. The second-order valence-electron chi connectivity index (χ2n) is 28.9. The molecule has 452 valence electrons. The number of aromatic nitrogens is 4. The first kappa shape index (κ1) is 55.0. The van der Waals surface area contributed by atoms with E-state index >= 15 is 0 Å². The smallest absolute Gasteiger partial charge is 0.123 e. The van der Waals surface area contributed by atoms with Crippen LogP contribution in [0.1, 0.15) is 140 Å². The summed E-state index contributed by atoms with van der Waals surface area (Å²) in [7, 11) is 0. The summed E-state index contributed by atoms with van der Waals surface area (Å²) in [5.74, 6) is 0.123. The average Bonchev–Trinajstić information content (AvgIpc) is 1.50. The maximum Gasteiger partial charge on any atom is 0.123 e. The summed E-state index contributed by atoms with van der Waals surface area (Å²) in [5, 5.41) is 59.7. The molecule has 2 aliphatic carbocycles. The Morgan fingerprint density at radius 2 is 0.953 bits per heavy atom. The van der Waals surface area contributed by atoms with E-state index in [9.17, 15) is 20.4 Å². The van der Waals surface area contributed by atoms with Gasteiger partial charge in [0, 0.05) is 82.0 Å². The van der Waals surface area contributed by atoms with Gasteiger partial charge in [-0.2, -0.15) is 0 Å². The summed E-state index contributed by atoms with van der Waals surface area (Å²) in [6.07, 6.45) is 30.7. The number of rotatable bonds is 2. The highest BCUT2D eigenvalue weighted by Gasteiger charge is 2.74. The van der Waals surface area contributed by atoms with Crippen LogP contribution >= 0.6 is 0 Å². The number of hydrogen-bond acceptors (Lipinski definition) is 12. The number of hydrogen-bond donors (Lipinski definition) is 6. The third kappa shape index (κ3) is 8.39. The Labute approximate surface area is 505 Å². The number of piperidine rings is 2. The van der Waals surface area contributed by atoms with Crippen molar-refractivity contribution in [2.75, 3.05) is 52.4 Å². The van der Waals surface area contributed by atoms with E-state index in [0.717, 1.165) is 159 Å². The lowest BCUT2D eigenvalue weighted by atomic mass is 9.54. The quantitative estimate of drug-likeness (QED) is 0.0909. The summed E-state index contributed by atoms with van der Waals surface area (Å²) in [4.78, 5) is 28.9. The van der Waals surface area contributed by atoms with Crippen molar-refractivity contribution in [3.05, 3.63) is 121 Å². The normalized spacial score (nSPS) is 42.0. The van der Waals surface area contributed by atoms with Crippen LogP contribution in [0.2, 0.25) is 0 Å². The van der Waals surface area contributed by atoms with Gasteiger partial charge in [0.1, 0.15) is 11.4 Å². The van der Waals surface area contributed by atoms with Crippen molar-refractivity contribution >= 4 is 54.8 Å². The maximum atomic E-state index is 14.4. The molecular formula is C72H88N8O6. The number of ether oxygens (including phenoxy) is 2. The zero-order valence-electron chi connectivity index (χ0n) is 50.1. The molecule has 5 unspecified atom stereocenters. The number of fused-ring (bicyclic) bond motifs is 11. The monoisotopic (exact) mass is 1160 g/mol. The third-order valence-corrected chi connectivity index (χ3v) is 24.3. The Morgan fingerprint density at radius 3 is 1.50 bits per heavy atom. The predicted molar refractivity (Wildman–Crippen MR) is 337 cm³/mol. The number of allylic oxidation sites excluding steroid dienone is 6. The van der Waals surface area contributed by atoms with Gasteiger partial charge < -0.3 is 49.7 Å². The van der Waals surface area contributed by atoms with Crippen LogP contribution in [-0.4, -0.2) is 171 Å². The first-order valence-electron chi connectivity index (χ1n) is 33.6. The first-order valence-corrected chi connectivity index (χ1v) is 33.6. The molecule has 8 fully saturated rings. The van der Waals surface area contributed by atoms with Gasteiger partial charge >= 0.3 is 0 Å². The lowest BCUT2D eigenvalue weighted by Crippen LogP contribution is -2.66. The molecule has 2 aromatic carbocycles. The molecule has 0 radical (unpaired) electrons. The second-order valence-corrected chi connectivity index (χ2v) is 28.9. The molecule has 10 aliphatic heterocycles. The van der Waals surface area contributed by atoms with Crippen LogP contribution < -0.4 is 0 Å². The maximum absolute atomic E-state index is 14.4. The van der Waals surface area contributed by atoms with E-state index in [1.807, 2.05) is 12.4 Å². The molecule has 14 nitrogen and oxygen atoms in total. The molecule has 4 aromatic heterocycles. The zero-order valence-corrected chi connectivity index (χ0v) is 50.1. The van der Waals surface area contributed by atoms with Gasteiger partial charge in [0.15, 0.2) is 0 Å². The number of aliphatic hydroxyl groups excluding tert-OH is 2. The molecule has 86 heavy (non-hydrogen) atoms. The number of H-pyrrole nitrogens is 2. The van der Waals surface area contributed by atoms with E-state index in [1.165, 1.54) is 10.8 Å². The third-order valence-electron chi connectivity index (χ3n) is 24.3. The molecule has 8 saturated heterocycles. The first-order chi connectivity index (χ1) is 42.0. The summed E-state index contributed by atoms with van der Waals surface area (Å²) in [6.45, 7) is 6.66. The van der Waals surface area contributed by atoms with E-state index in [-0.39, 0.29) is 23.9 Å². The summed E-state index contributed by atoms with van der Waals surface area (Å²) in [5.41, 5.74) is 3.10. The number of nitrogens with zero attached hydrogens (tertiary/aromatic N) is 6. The number of aromatic amines is 2. The molecule has 18 rings (SSSR count). The van der Waals surface area contributed by atoms with Gasteiger partial charge in [0.2, 0.25) is 0 Å². The van der Waals surface area contributed by atoms with Crippen molar-refractivity contribution in [1.29, 1.82) is 0 Å². The fourth-order valence-electron chi connectivity index (χ4n) is 21.1. The molecule has 6 aromatic rings. The average molecular weight is 1160 g/mol. The van der Waals surface area contributed by atoms with Gasteiger partial charge in [-0.15, -0.1) is 0 Å². The van der Waals surface area contributed by atoms with Crippen molar-refractivity contribution < 1.29 is 29.9 Å².